The fourth-order valence-corrected chi connectivity index (χ4v) is 2.89. The van der Waals surface area contributed by atoms with Crippen molar-refractivity contribution in [3.8, 4) is 0 Å². The third-order valence-electron chi connectivity index (χ3n) is 3.25. The van der Waals surface area contributed by atoms with Crippen LogP contribution >= 0.6 is 22.9 Å². The van der Waals surface area contributed by atoms with Gasteiger partial charge in [0.15, 0.2) is 0 Å². The largest absolute Gasteiger partial charge is 0.351 e. The molecule has 1 aliphatic carbocycles. The number of aryl methyl sites for hydroxylation is 2. The van der Waals surface area contributed by atoms with Crippen molar-refractivity contribution >= 4 is 28.8 Å². The molecule has 16 heavy (non-hydrogen) atoms. The van der Waals surface area contributed by atoms with Gasteiger partial charge < -0.3 is 5.32 Å². The molecule has 0 saturated heterocycles. The van der Waals surface area contributed by atoms with Gasteiger partial charge in [0.05, 0.1) is 4.88 Å². The normalized spacial score (nSPS) is 17.2. The summed E-state index contributed by atoms with van der Waals surface area (Å²) >= 11 is 7.42. The molecule has 2 nitrogen and oxygen atoms in total. The highest BCUT2D eigenvalue weighted by Gasteiger charge is 2.41. The zero-order valence-corrected chi connectivity index (χ0v) is 11.2. The van der Waals surface area contributed by atoms with Crippen LogP contribution in [-0.4, -0.2) is 18.3 Å². The van der Waals surface area contributed by atoms with E-state index >= 15 is 0 Å². The first kappa shape index (κ1) is 11.9. The molecule has 0 spiro atoms. The quantitative estimate of drug-likeness (QED) is 0.825. The van der Waals surface area contributed by atoms with Gasteiger partial charge >= 0.3 is 0 Å². The molecule has 1 heterocycles. The Morgan fingerprint density at radius 2 is 2.25 bits per heavy atom. The van der Waals surface area contributed by atoms with Gasteiger partial charge in [0.2, 0.25) is 0 Å². The van der Waals surface area contributed by atoms with Gasteiger partial charge in [0, 0.05) is 22.7 Å². The molecule has 0 unspecified atom stereocenters. The van der Waals surface area contributed by atoms with Crippen molar-refractivity contribution in [2.24, 2.45) is 5.41 Å². The Hall–Kier alpha value is -0.540. The van der Waals surface area contributed by atoms with Crippen LogP contribution < -0.4 is 5.32 Å². The number of alkyl halides is 1. The van der Waals surface area contributed by atoms with Crippen LogP contribution in [0.25, 0.3) is 0 Å². The molecule has 1 aromatic rings. The van der Waals surface area contributed by atoms with E-state index in [4.69, 9.17) is 11.6 Å². The lowest BCUT2D eigenvalue weighted by atomic mass is 10.1. The Morgan fingerprint density at radius 1 is 1.56 bits per heavy atom. The van der Waals surface area contributed by atoms with Crippen molar-refractivity contribution in [2.75, 3.05) is 12.4 Å². The summed E-state index contributed by atoms with van der Waals surface area (Å²) in [6, 6.07) is 1.95. The van der Waals surface area contributed by atoms with Gasteiger partial charge in [-0.1, -0.05) is 0 Å². The Morgan fingerprint density at radius 3 is 2.69 bits per heavy atom. The first-order valence-electron chi connectivity index (χ1n) is 5.47. The molecule has 1 aliphatic rings. The Labute approximate surface area is 105 Å². The zero-order chi connectivity index (χ0) is 11.8. The standard InChI is InChI=1S/C12H16ClNOS/c1-8-5-10(16-9(8)2)11(15)14-7-12(6-13)3-4-12/h5H,3-4,6-7H2,1-2H3,(H,14,15). The molecule has 1 fully saturated rings. The smallest absolute Gasteiger partial charge is 0.261 e. The number of amides is 1. The minimum Gasteiger partial charge on any atom is -0.351 e. The number of hydrogen-bond acceptors (Lipinski definition) is 2. The topological polar surface area (TPSA) is 29.1 Å². The van der Waals surface area contributed by atoms with Crippen molar-refractivity contribution in [1.29, 1.82) is 0 Å². The molecule has 0 aliphatic heterocycles. The van der Waals surface area contributed by atoms with Crippen LogP contribution in [0.5, 0.6) is 0 Å². The zero-order valence-electron chi connectivity index (χ0n) is 9.60. The van der Waals surface area contributed by atoms with E-state index in [2.05, 4.69) is 5.32 Å². The second-order valence-electron chi connectivity index (χ2n) is 4.67. The third-order valence-corrected chi connectivity index (χ3v) is 4.97. The van der Waals surface area contributed by atoms with E-state index in [1.165, 1.54) is 10.4 Å². The molecule has 0 bridgehead atoms. The van der Waals surface area contributed by atoms with E-state index in [-0.39, 0.29) is 11.3 Å². The lowest BCUT2D eigenvalue weighted by molar-refractivity contribution is 0.0950. The van der Waals surface area contributed by atoms with Crippen LogP contribution in [0.3, 0.4) is 0 Å². The summed E-state index contributed by atoms with van der Waals surface area (Å²) in [4.78, 5) is 13.9. The van der Waals surface area contributed by atoms with Crippen molar-refractivity contribution in [3.63, 3.8) is 0 Å². The second kappa shape index (κ2) is 4.38. The van der Waals surface area contributed by atoms with E-state index in [9.17, 15) is 4.79 Å². The predicted octanol–water partition coefficient (Wildman–Crippen LogP) is 3.11. The first-order valence-corrected chi connectivity index (χ1v) is 6.83. The van der Waals surface area contributed by atoms with E-state index in [1.54, 1.807) is 11.3 Å². The van der Waals surface area contributed by atoms with Crippen LogP contribution in [0.15, 0.2) is 6.07 Å². The third kappa shape index (κ3) is 2.41. The van der Waals surface area contributed by atoms with E-state index < -0.39 is 0 Å². The van der Waals surface area contributed by atoms with Crippen LogP contribution in [0, 0.1) is 19.3 Å². The van der Waals surface area contributed by atoms with Crippen molar-refractivity contribution in [1.82, 2.24) is 5.32 Å². The molecule has 2 rings (SSSR count). The number of carbonyl (C=O) groups excluding carboxylic acids is 1. The van der Waals surface area contributed by atoms with E-state index in [1.807, 2.05) is 19.9 Å². The number of thiophene rings is 1. The summed E-state index contributed by atoms with van der Waals surface area (Å²) in [6.07, 6.45) is 2.28. The van der Waals surface area contributed by atoms with Crippen LogP contribution in [0.1, 0.15) is 33.0 Å². The first-order chi connectivity index (χ1) is 7.56. The molecule has 0 atom stereocenters. The molecule has 1 saturated carbocycles. The summed E-state index contributed by atoms with van der Waals surface area (Å²) in [6.45, 7) is 4.78. The Balaban J connectivity index is 1.93. The Kier molecular flexibility index (Phi) is 3.27. The van der Waals surface area contributed by atoms with Crippen molar-refractivity contribution in [2.45, 2.75) is 26.7 Å². The maximum atomic E-state index is 11.9. The summed E-state index contributed by atoms with van der Waals surface area (Å²) < 4.78 is 0. The minimum atomic E-state index is 0.0394. The maximum absolute atomic E-state index is 11.9. The maximum Gasteiger partial charge on any atom is 0.261 e. The highest BCUT2D eigenvalue weighted by molar-refractivity contribution is 7.14. The van der Waals surface area contributed by atoms with E-state index in [0.29, 0.717) is 12.4 Å². The SMILES string of the molecule is Cc1cc(C(=O)NCC2(CCl)CC2)sc1C. The molecule has 0 radical (unpaired) electrons. The number of halogens is 1. The van der Waals surface area contributed by atoms with Gasteiger partial charge in [-0.2, -0.15) is 0 Å². The van der Waals surface area contributed by atoms with Gasteiger partial charge in [-0.15, -0.1) is 22.9 Å². The summed E-state index contributed by atoms with van der Waals surface area (Å²) in [7, 11) is 0. The monoisotopic (exact) mass is 257 g/mol. The number of nitrogens with one attached hydrogen (secondary N) is 1. The molecule has 4 heteroatoms. The van der Waals surface area contributed by atoms with Crippen molar-refractivity contribution in [3.05, 3.63) is 21.4 Å². The van der Waals surface area contributed by atoms with E-state index in [0.717, 1.165) is 17.7 Å². The van der Waals surface area contributed by atoms with Crippen LogP contribution in [0.2, 0.25) is 0 Å². The highest BCUT2D eigenvalue weighted by Crippen LogP contribution is 2.45. The number of rotatable bonds is 4. The van der Waals surface area contributed by atoms with Gasteiger partial charge in [0.25, 0.3) is 5.91 Å². The average Bonchev–Trinajstić information content (AvgIpc) is 2.98. The Bertz CT molecular complexity index is 390. The molecule has 1 amide bonds. The van der Waals surface area contributed by atoms with Crippen molar-refractivity contribution < 1.29 is 4.79 Å². The fourth-order valence-electron chi connectivity index (χ4n) is 1.57. The highest BCUT2D eigenvalue weighted by atomic mass is 35.5. The summed E-state index contributed by atoms with van der Waals surface area (Å²) in [5.74, 6) is 0.688. The summed E-state index contributed by atoms with van der Waals surface area (Å²) in [5, 5.41) is 2.98. The summed E-state index contributed by atoms with van der Waals surface area (Å²) in [5.41, 5.74) is 1.38. The lowest BCUT2D eigenvalue weighted by Gasteiger charge is -2.11. The van der Waals surface area contributed by atoms with Gasteiger partial charge in [0.1, 0.15) is 0 Å². The predicted molar refractivity (Wildman–Crippen MR) is 68.5 cm³/mol. The molecular weight excluding hydrogens is 242 g/mol. The van der Waals surface area contributed by atoms with Gasteiger partial charge in [-0.05, 0) is 38.3 Å². The molecule has 0 aromatic carbocycles. The molecular formula is C12H16ClNOS. The second-order valence-corrected chi connectivity index (χ2v) is 6.19. The average molecular weight is 258 g/mol. The fraction of sp³-hybridized carbons (Fsp3) is 0.583. The number of hydrogen-bond donors (Lipinski definition) is 1. The van der Waals surface area contributed by atoms with Gasteiger partial charge in [-0.25, -0.2) is 0 Å². The molecule has 1 aromatic heterocycles. The molecule has 1 N–H and O–H groups in total. The van der Waals surface area contributed by atoms with Crippen LogP contribution in [-0.2, 0) is 0 Å². The number of carbonyl (C=O) groups is 1. The molecule has 88 valence electrons. The lowest BCUT2D eigenvalue weighted by Crippen LogP contribution is -2.30. The van der Waals surface area contributed by atoms with Gasteiger partial charge in [-0.3, -0.25) is 4.79 Å². The van der Waals surface area contributed by atoms with Crippen LogP contribution in [0.4, 0.5) is 0 Å². The minimum absolute atomic E-state index is 0.0394.